The molecule has 0 amide bonds. The monoisotopic (exact) mass is 322 g/mol. The summed E-state index contributed by atoms with van der Waals surface area (Å²) >= 11 is 0. The van der Waals surface area contributed by atoms with Crippen molar-refractivity contribution in [2.45, 2.75) is 6.54 Å². The van der Waals surface area contributed by atoms with E-state index in [-0.39, 0.29) is 0 Å². The van der Waals surface area contributed by atoms with Gasteiger partial charge < -0.3 is 0 Å². The topological polar surface area (TPSA) is 12.4 Å². The van der Waals surface area contributed by atoms with Crippen LogP contribution in [0.2, 0.25) is 0 Å². The summed E-state index contributed by atoms with van der Waals surface area (Å²) in [6, 6.07) is 35.7. The second-order valence-electron chi connectivity index (χ2n) is 6.04. The standard InChI is InChI=1S/C24H19N/c1-3-11-20(12-4-1)24(21-13-5-2-6-14-21)25-18-22-16-9-15-19-10-7-8-17-23(19)22/h1-17H,18H2/i25+1. The molecule has 4 aromatic rings. The van der Waals surface area contributed by atoms with Crippen molar-refractivity contribution >= 4 is 16.5 Å². The van der Waals surface area contributed by atoms with E-state index >= 15 is 0 Å². The highest BCUT2D eigenvalue weighted by Gasteiger charge is 2.07. The Morgan fingerprint density at radius 1 is 0.560 bits per heavy atom. The van der Waals surface area contributed by atoms with Crippen molar-refractivity contribution in [3.05, 3.63) is 120 Å². The van der Waals surface area contributed by atoms with Crippen LogP contribution in [0.3, 0.4) is 0 Å². The molecule has 0 aromatic heterocycles. The first kappa shape index (κ1) is 15.3. The van der Waals surface area contributed by atoms with Gasteiger partial charge in [0.25, 0.3) is 0 Å². The number of benzene rings is 4. The van der Waals surface area contributed by atoms with Crippen molar-refractivity contribution in [2.24, 2.45) is 4.99 Å². The van der Waals surface area contributed by atoms with E-state index in [1.54, 1.807) is 0 Å². The summed E-state index contributed by atoms with van der Waals surface area (Å²) in [5, 5.41) is 2.53. The molecule has 0 bridgehead atoms. The van der Waals surface area contributed by atoms with Gasteiger partial charge in [-0.15, -0.1) is 0 Å². The van der Waals surface area contributed by atoms with Crippen LogP contribution in [0.15, 0.2) is 108 Å². The summed E-state index contributed by atoms with van der Waals surface area (Å²) in [6.07, 6.45) is 0. The van der Waals surface area contributed by atoms with Gasteiger partial charge in [-0.1, -0.05) is 103 Å². The summed E-state index contributed by atoms with van der Waals surface area (Å²) < 4.78 is 0. The van der Waals surface area contributed by atoms with Crippen molar-refractivity contribution in [1.82, 2.24) is 0 Å². The number of aliphatic imine (C=N–C) groups is 1. The number of fused-ring (bicyclic) bond motifs is 1. The zero-order valence-electron chi connectivity index (χ0n) is 14.0. The molecule has 0 saturated heterocycles. The fourth-order valence-electron chi connectivity index (χ4n) is 3.14. The smallest absolute Gasteiger partial charge is 0.0723 e. The van der Waals surface area contributed by atoms with E-state index in [0.29, 0.717) is 6.54 Å². The molecule has 1 nitrogen and oxygen atoms in total. The molecule has 0 N–H and O–H groups in total. The van der Waals surface area contributed by atoms with Gasteiger partial charge in [0.15, 0.2) is 0 Å². The predicted octanol–water partition coefficient (Wildman–Crippen LogP) is 5.88. The highest BCUT2D eigenvalue weighted by Crippen LogP contribution is 2.20. The average Bonchev–Trinajstić information content (AvgIpc) is 2.70. The van der Waals surface area contributed by atoms with Crippen molar-refractivity contribution in [3.8, 4) is 0 Å². The van der Waals surface area contributed by atoms with Crippen molar-refractivity contribution in [3.63, 3.8) is 0 Å². The highest BCUT2D eigenvalue weighted by molar-refractivity contribution is 6.12. The van der Waals surface area contributed by atoms with Crippen LogP contribution < -0.4 is 0 Å². The van der Waals surface area contributed by atoms with Gasteiger partial charge in [-0.25, -0.2) is 0 Å². The van der Waals surface area contributed by atoms with Crippen LogP contribution in [0.25, 0.3) is 10.8 Å². The quantitative estimate of drug-likeness (QED) is 0.329. The van der Waals surface area contributed by atoms with Crippen molar-refractivity contribution in [1.29, 1.82) is 0 Å². The molecule has 0 unspecified atom stereocenters. The first-order chi connectivity index (χ1) is 12.4. The van der Waals surface area contributed by atoms with E-state index in [2.05, 4.69) is 91.0 Å². The van der Waals surface area contributed by atoms with Gasteiger partial charge in [0, 0.05) is 11.1 Å². The van der Waals surface area contributed by atoms with Gasteiger partial charge in [-0.2, -0.15) is 0 Å². The van der Waals surface area contributed by atoms with Crippen LogP contribution in [-0.2, 0) is 6.54 Å². The van der Waals surface area contributed by atoms with E-state index in [4.69, 9.17) is 4.99 Å². The molecule has 0 spiro atoms. The lowest BCUT2D eigenvalue weighted by atomic mass is 10.0. The molecule has 0 atom stereocenters. The Morgan fingerprint density at radius 2 is 1.12 bits per heavy atom. The lowest BCUT2D eigenvalue weighted by molar-refractivity contribution is 1.08. The molecule has 0 fully saturated rings. The van der Waals surface area contributed by atoms with E-state index in [0.717, 1.165) is 16.8 Å². The molecular weight excluding hydrogens is 303 g/mol. The van der Waals surface area contributed by atoms with E-state index < -0.39 is 0 Å². The minimum Gasteiger partial charge on any atom is -0.279 e. The van der Waals surface area contributed by atoms with Crippen LogP contribution in [0.1, 0.15) is 16.7 Å². The molecule has 120 valence electrons. The number of nitrogens with zero attached hydrogens (tertiary/aromatic N) is 1. The van der Waals surface area contributed by atoms with Gasteiger partial charge in [-0.3, -0.25) is 4.99 Å². The molecule has 0 radical (unpaired) electrons. The van der Waals surface area contributed by atoms with Gasteiger partial charge in [-0.05, 0) is 16.3 Å². The summed E-state index contributed by atoms with van der Waals surface area (Å²) in [6.45, 7) is 0.667. The van der Waals surface area contributed by atoms with Crippen LogP contribution in [0.4, 0.5) is 0 Å². The highest BCUT2D eigenvalue weighted by atomic mass is 15.5. The van der Waals surface area contributed by atoms with E-state index in [1.165, 1.54) is 16.3 Å². The summed E-state index contributed by atoms with van der Waals surface area (Å²) in [5.41, 5.74) is 4.58. The molecule has 0 heterocycles. The molecular formula is C24H19N. The Bertz CT molecular complexity index is 955. The zero-order valence-corrected chi connectivity index (χ0v) is 14.0. The Balaban J connectivity index is 1.77. The van der Waals surface area contributed by atoms with Crippen LogP contribution in [0, 0.1) is 0 Å². The molecule has 0 aliphatic heterocycles. The second-order valence-corrected chi connectivity index (χ2v) is 6.04. The lowest BCUT2D eigenvalue weighted by Gasteiger charge is -2.09. The third kappa shape index (κ3) is 3.36. The second kappa shape index (κ2) is 7.14. The largest absolute Gasteiger partial charge is 0.279 e. The minimum absolute atomic E-state index is 0.667. The molecule has 25 heavy (non-hydrogen) atoms. The van der Waals surface area contributed by atoms with Crippen LogP contribution in [-0.4, -0.2) is 5.71 Å². The number of hydrogen-bond acceptors (Lipinski definition) is 1. The van der Waals surface area contributed by atoms with E-state index in [1.807, 2.05) is 12.1 Å². The Hall–Kier alpha value is -3.19. The first-order valence-corrected chi connectivity index (χ1v) is 8.54. The number of rotatable bonds is 4. The maximum atomic E-state index is 5.00. The van der Waals surface area contributed by atoms with Gasteiger partial charge >= 0.3 is 0 Å². The van der Waals surface area contributed by atoms with Crippen LogP contribution >= 0.6 is 0 Å². The van der Waals surface area contributed by atoms with Gasteiger partial charge in [0.1, 0.15) is 0 Å². The fraction of sp³-hybridized carbons (Fsp3) is 0.0417. The van der Waals surface area contributed by atoms with Crippen LogP contribution in [0.5, 0.6) is 0 Å². The first-order valence-electron chi connectivity index (χ1n) is 8.54. The lowest BCUT2D eigenvalue weighted by Crippen LogP contribution is -2.04. The zero-order chi connectivity index (χ0) is 16.9. The summed E-state index contributed by atoms with van der Waals surface area (Å²) in [4.78, 5) is 5.00. The SMILES string of the molecule is c1ccc(C(=[15N]Cc2cccc3ccccc23)c2ccccc2)cc1. The summed E-state index contributed by atoms with van der Waals surface area (Å²) in [7, 11) is 0. The average molecular weight is 322 g/mol. The molecule has 0 aliphatic rings. The normalized spacial score (nSPS) is 10.6. The van der Waals surface area contributed by atoms with Crippen molar-refractivity contribution < 1.29 is 0 Å². The fourth-order valence-corrected chi connectivity index (χ4v) is 3.14. The molecule has 0 aliphatic carbocycles. The molecule has 1 heteroatoms. The summed E-state index contributed by atoms with van der Waals surface area (Å²) in [5.74, 6) is 0. The third-order valence-electron chi connectivity index (χ3n) is 4.38. The van der Waals surface area contributed by atoms with Crippen molar-refractivity contribution in [2.75, 3.05) is 0 Å². The molecule has 4 aromatic carbocycles. The number of hydrogen-bond donors (Lipinski definition) is 0. The van der Waals surface area contributed by atoms with Gasteiger partial charge in [0.05, 0.1) is 12.3 Å². The predicted molar refractivity (Wildman–Crippen MR) is 106 cm³/mol. The minimum atomic E-state index is 0.667. The van der Waals surface area contributed by atoms with Gasteiger partial charge in [0.2, 0.25) is 0 Å². The molecule has 0 saturated carbocycles. The van der Waals surface area contributed by atoms with E-state index in [9.17, 15) is 0 Å². The third-order valence-corrected chi connectivity index (χ3v) is 4.38. The Kier molecular flexibility index (Phi) is 4.38. The Labute approximate surface area is 148 Å². The Morgan fingerprint density at radius 3 is 1.80 bits per heavy atom. The maximum absolute atomic E-state index is 5.00. The molecule has 4 rings (SSSR count). The maximum Gasteiger partial charge on any atom is 0.0723 e.